The SMILES string of the molecule is CCCCCCCCCCCCCCCCC(O)C(CO)NC(=O)CCCCCCCCC/C=C\CCCCCCCCCCCOC(=O)CCCCCCCCCCCCC. The minimum Gasteiger partial charge on any atom is -0.466 e. The van der Waals surface area contributed by atoms with Crippen molar-refractivity contribution in [3.63, 3.8) is 0 Å². The maximum absolute atomic E-state index is 12.5. The summed E-state index contributed by atoms with van der Waals surface area (Å²) < 4.78 is 5.46. The number of carbonyl (C=O) groups excluding carboxylic acids is 2. The monoisotopic (exact) mass is 876 g/mol. The Morgan fingerprint density at radius 1 is 0.435 bits per heavy atom. The topological polar surface area (TPSA) is 95.9 Å². The molecular formula is C56H109NO5. The summed E-state index contributed by atoms with van der Waals surface area (Å²) in [6.45, 7) is 4.95. The van der Waals surface area contributed by atoms with Crippen LogP contribution in [0, 0.1) is 0 Å². The largest absolute Gasteiger partial charge is 0.466 e. The first-order chi connectivity index (χ1) is 30.5. The molecule has 3 N–H and O–H groups in total. The molecule has 0 saturated carbocycles. The lowest BCUT2D eigenvalue weighted by Crippen LogP contribution is -2.45. The summed E-state index contributed by atoms with van der Waals surface area (Å²) in [5.41, 5.74) is 0. The second-order valence-corrected chi connectivity index (χ2v) is 19.3. The zero-order chi connectivity index (χ0) is 45.1. The minimum atomic E-state index is -0.668. The van der Waals surface area contributed by atoms with Crippen molar-refractivity contribution < 1.29 is 24.5 Å². The Bertz CT molecular complexity index is 924. The van der Waals surface area contributed by atoms with E-state index in [-0.39, 0.29) is 18.5 Å². The van der Waals surface area contributed by atoms with Gasteiger partial charge in [-0.3, -0.25) is 9.59 Å². The number of rotatable bonds is 52. The molecule has 0 rings (SSSR count). The van der Waals surface area contributed by atoms with Crippen LogP contribution in [0.1, 0.15) is 309 Å². The summed E-state index contributed by atoms with van der Waals surface area (Å²) in [6, 6.07) is -0.546. The van der Waals surface area contributed by atoms with Crippen molar-refractivity contribution in [1.29, 1.82) is 0 Å². The molecule has 2 unspecified atom stereocenters. The Kier molecular flexibility index (Phi) is 51.0. The van der Waals surface area contributed by atoms with E-state index in [9.17, 15) is 19.8 Å². The van der Waals surface area contributed by atoms with Crippen molar-refractivity contribution in [2.45, 2.75) is 321 Å². The van der Waals surface area contributed by atoms with E-state index in [4.69, 9.17) is 4.74 Å². The quantitative estimate of drug-likeness (QED) is 0.0321. The first-order valence-electron chi connectivity index (χ1n) is 27.9. The van der Waals surface area contributed by atoms with Gasteiger partial charge in [0.25, 0.3) is 0 Å². The van der Waals surface area contributed by atoms with Gasteiger partial charge in [-0.1, -0.05) is 257 Å². The normalized spacial score (nSPS) is 12.6. The predicted molar refractivity (Wildman–Crippen MR) is 269 cm³/mol. The zero-order valence-electron chi connectivity index (χ0n) is 41.9. The fourth-order valence-corrected chi connectivity index (χ4v) is 8.75. The number of ether oxygens (including phenoxy) is 1. The van der Waals surface area contributed by atoms with Gasteiger partial charge < -0.3 is 20.3 Å². The summed E-state index contributed by atoms with van der Waals surface area (Å²) >= 11 is 0. The molecule has 0 bridgehead atoms. The van der Waals surface area contributed by atoms with Crippen LogP contribution in [0.3, 0.4) is 0 Å². The maximum Gasteiger partial charge on any atom is 0.305 e. The number of nitrogens with one attached hydrogen (secondary N) is 1. The summed E-state index contributed by atoms with van der Waals surface area (Å²) in [6.07, 6.45) is 60.5. The number of hydrogen-bond acceptors (Lipinski definition) is 5. The van der Waals surface area contributed by atoms with Crippen LogP contribution in [0.25, 0.3) is 0 Å². The smallest absolute Gasteiger partial charge is 0.305 e. The molecule has 2 atom stereocenters. The highest BCUT2D eigenvalue weighted by atomic mass is 16.5. The molecule has 368 valence electrons. The lowest BCUT2D eigenvalue weighted by atomic mass is 10.0. The van der Waals surface area contributed by atoms with Gasteiger partial charge in [0.15, 0.2) is 0 Å². The summed E-state index contributed by atoms with van der Waals surface area (Å²) in [5, 5.41) is 23.2. The fourth-order valence-electron chi connectivity index (χ4n) is 8.75. The molecule has 0 aromatic heterocycles. The number of aliphatic hydroxyl groups excluding tert-OH is 2. The Labute approximate surface area is 387 Å². The van der Waals surface area contributed by atoms with Crippen molar-refractivity contribution in [1.82, 2.24) is 5.32 Å². The number of carbonyl (C=O) groups is 2. The third-order valence-corrected chi connectivity index (χ3v) is 13.1. The molecular weight excluding hydrogens is 767 g/mol. The van der Waals surface area contributed by atoms with Crippen LogP contribution in [-0.2, 0) is 14.3 Å². The van der Waals surface area contributed by atoms with Crippen LogP contribution in [0.15, 0.2) is 12.2 Å². The number of aliphatic hydroxyl groups is 2. The maximum atomic E-state index is 12.5. The molecule has 0 fully saturated rings. The molecule has 0 aromatic carbocycles. The summed E-state index contributed by atoms with van der Waals surface area (Å²) in [5.74, 6) is -0.0361. The molecule has 0 radical (unpaired) electrons. The van der Waals surface area contributed by atoms with Gasteiger partial charge in [0.2, 0.25) is 5.91 Å². The Morgan fingerprint density at radius 2 is 0.758 bits per heavy atom. The number of unbranched alkanes of at least 4 members (excludes halogenated alkanes) is 39. The lowest BCUT2D eigenvalue weighted by molar-refractivity contribution is -0.143. The second-order valence-electron chi connectivity index (χ2n) is 19.3. The lowest BCUT2D eigenvalue weighted by Gasteiger charge is -2.22. The van der Waals surface area contributed by atoms with Crippen LogP contribution >= 0.6 is 0 Å². The average Bonchev–Trinajstić information content (AvgIpc) is 3.27. The van der Waals surface area contributed by atoms with Gasteiger partial charge in [0, 0.05) is 12.8 Å². The molecule has 0 aliphatic carbocycles. The molecule has 0 saturated heterocycles. The Morgan fingerprint density at radius 3 is 1.15 bits per heavy atom. The highest BCUT2D eigenvalue weighted by Crippen LogP contribution is 2.17. The molecule has 6 heteroatoms. The van der Waals surface area contributed by atoms with Gasteiger partial charge in [-0.25, -0.2) is 0 Å². The van der Waals surface area contributed by atoms with E-state index in [1.54, 1.807) is 0 Å². The van der Waals surface area contributed by atoms with E-state index in [0.29, 0.717) is 25.9 Å². The van der Waals surface area contributed by atoms with Crippen LogP contribution in [0.4, 0.5) is 0 Å². The van der Waals surface area contributed by atoms with Gasteiger partial charge in [0.1, 0.15) is 0 Å². The number of hydrogen-bond donors (Lipinski definition) is 3. The third kappa shape index (κ3) is 48.1. The van der Waals surface area contributed by atoms with Gasteiger partial charge in [-0.05, 0) is 51.4 Å². The predicted octanol–water partition coefficient (Wildman–Crippen LogP) is 16.9. The molecule has 6 nitrogen and oxygen atoms in total. The van der Waals surface area contributed by atoms with E-state index < -0.39 is 12.1 Å². The van der Waals surface area contributed by atoms with Crippen molar-refractivity contribution >= 4 is 11.9 Å². The van der Waals surface area contributed by atoms with Crippen molar-refractivity contribution in [2.75, 3.05) is 13.2 Å². The van der Waals surface area contributed by atoms with Crippen molar-refractivity contribution in [3.8, 4) is 0 Å². The van der Waals surface area contributed by atoms with Crippen LogP contribution in [0.2, 0.25) is 0 Å². The van der Waals surface area contributed by atoms with Gasteiger partial charge >= 0.3 is 5.97 Å². The van der Waals surface area contributed by atoms with Gasteiger partial charge in [-0.2, -0.15) is 0 Å². The summed E-state index contributed by atoms with van der Waals surface area (Å²) in [4.78, 5) is 24.4. The van der Waals surface area contributed by atoms with E-state index in [2.05, 4.69) is 31.3 Å². The molecule has 0 aliphatic rings. The number of amides is 1. The summed E-state index contributed by atoms with van der Waals surface area (Å²) in [7, 11) is 0. The van der Waals surface area contributed by atoms with E-state index in [1.165, 1.54) is 238 Å². The van der Waals surface area contributed by atoms with Gasteiger partial charge in [-0.15, -0.1) is 0 Å². The van der Waals surface area contributed by atoms with Crippen LogP contribution in [0.5, 0.6) is 0 Å². The minimum absolute atomic E-state index is 0.00621. The first kappa shape index (κ1) is 60.6. The van der Waals surface area contributed by atoms with E-state index in [0.717, 1.165) is 38.5 Å². The molecule has 0 aromatic rings. The highest BCUT2D eigenvalue weighted by molar-refractivity contribution is 5.76. The van der Waals surface area contributed by atoms with Crippen molar-refractivity contribution in [3.05, 3.63) is 12.2 Å². The Hall–Kier alpha value is -1.40. The molecule has 0 aliphatic heterocycles. The second kappa shape index (κ2) is 52.2. The van der Waals surface area contributed by atoms with Crippen LogP contribution < -0.4 is 5.32 Å². The third-order valence-electron chi connectivity index (χ3n) is 13.1. The Balaban J connectivity index is 3.43. The zero-order valence-corrected chi connectivity index (χ0v) is 41.9. The van der Waals surface area contributed by atoms with Crippen molar-refractivity contribution in [2.24, 2.45) is 0 Å². The first-order valence-corrected chi connectivity index (χ1v) is 27.9. The van der Waals surface area contributed by atoms with Crippen LogP contribution in [-0.4, -0.2) is 47.4 Å². The van der Waals surface area contributed by atoms with E-state index >= 15 is 0 Å². The molecule has 1 amide bonds. The number of allylic oxidation sites excluding steroid dienone is 2. The highest BCUT2D eigenvalue weighted by Gasteiger charge is 2.20. The van der Waals surface area contributed by atoms with E-state index in [1.807, 2.05) is 0 Å². The average molecular weight is 876 g/mol. The molecule has 0 spiro atoms. The fraction of sp³-hybridized carbons (Fsp3) is 0.929. The van der Waals surface area contributed by atoms with Gasteiger partial charge in [0.05, 0.1) is 25.4 Å². The standard InChI is InChI=1S/C56H109NO5/c1-3-5-7-9-11-13-15-16-25-29-32-36-40-44-48-54(59)53(52-58)57-55(60)49-45-41-37-33-30-26-23-21-19-17-18-20-22-24-27-31-35-39-43-47-51-62-56(61)50-46-42-38-34-28-14-12-10-8-6-4-2/h17,19,53-54,58-59H,3-16,18,20-52H2,1-2H3,(H,57,60)/b19-17-. The number of esters is 1. The molecule has 62 heavy (non-hydrogen) atoms. The molecule has 0 heterocycles.